The Kier molecular flexibility index (Phi) is 5.05. The Morgan fingerprint density at radius 1 is 1.30 bits per heavy atom. The van der Waals surface area contributed by atoms with Crippen molar-refractivity contribution in [2.24, 2.45) is 0 Å². The number of carbonyl (C=O) groups is 1. The van der Waals surface area contributed by atoms with E-state index in [9.17, 15) is 4.79 Å². The molecule has 0 aliphatic carbocycles. The summed E-state index contributed by atoms with van der Waals surface area (Å²) in [7, 11) is 1.98. The Labute approximate surface area is 129 Å². The highest BCUT2D eigenvalue weighted by Crippen LogP contribution is 2.30. The minimum atomic E-state index is 0.171. The molecule has 0 spiro atoms. The summed E-state index contributed by atoms with van der Waals surface area (Å²) in [4.78, 5) is 15.7. The lowest BCUT2D eigenvalue weighted by Crippen LogP contribution is -2.48. The van der Waals surface area contributed by atoms with Crippen LogP contribution in [0, 0.1) is 0 Å². The summed E-state index contributed by atoms with van der Waals surface area (Å²) in [5.74, 6) is 0.171. The molecule has 1 heterocycles. The van der Waals surface area contributed by atoms with Gasteiger partial charge in [0.2, 0.25) is 5.91 Å². The van der Waals surface area contributed by atoms with Gasteiger partial charge in [-0.2, -0.15) is 0 Å². The van der Waals surface area contributed by atoms with E-state index in [0.717, 1.165) is 30.7 Å². The first kappa shape index (κ1) is 15.3. The van der Waals surface area contributed by atoms with E-state index in [0.29, 0.717) is 6.04 Å². The minimum Gasteiger partial charge on any atom is -0.368 e. The summed E-state index contributed by atoms with van der Waals surface area (Å²) in [6.07, 6.45) is 0. The van der Waals surface area contributed by atoms with Crippen LogP contribution in [0.1, 0.15) is 25.5 Å². The second-order valence-corrected chi connectivity index (χ2v) is 6.12. The molecule has 20 heavy (non-hydrogen) atoms. The number of carbonyl (C=O) groups excluding carboxylic acids is 1. The molecule has 1 fully saturated rings. The van der Waals surface area contributed by atoms with Crippen molar-refractivity contribution in [2.45, 2.75) is 19.9 Å². The van der Waals surface area contributed by atoms with Gasteiger partial charge >= 0.3 is 0 Å². The molecular formula is C15H22BrN3O. The monoisotopic (exact) mass is 339 g/mol. The highest BCUT2D eigenvalue weighted by Gasteiger charge is 2.21. The maximum absolute atomic E-state index is 11.4. The van der Waals surface area contributed by atoms with Gasteiger partial charge in [0.25, 0.3) is 0 Å². The summed E-state index contributed by atoms with van der Waals surface area (Å²) in [5.41, 5.74) is 2.55. The number of hydrogen-bond donors (Lipinski definition) is 1. The minimum absolute atomic E-state index is 0.171. The number of nitrogens with zero attached hydrogens (tertiary/aromatic N) is 2. The van der Waals surface area contributed by atoms with Gasteiger partial charge in [0.05, 0.1) is 0 Å². The number of hydrogen-bond acceptors (Lipinski definition) is 3. The van der Waals surface area contributed by atoms with Crippen molar-refractivity contribution in [3.8, 4) is 0 Å². The zero-order valence-corrected chi connectivity index (χ0v) is 13.9. The average molecular weight is 340 g/mol. The van der Waals surface area contributed by atoms with E-state index in [1.165, 1.54) is 11.3 Å². The molecule has 1 aliphatic heterocycles. The number of rotatable bonds is 3. The average Bonchev–Trinajstić information content (AvgIpc) is 2.46. The van der Waals surface area contributed by atoms with Gasteiger partial charge < -0.3 is 15.1 Å². The van der Waals surface area contributed by atoms with Crippen molar-refractivity contribution < 1.29 is 4.79 Å². The summed E-state index contributed by atoms with van der Waals surface area (Å²) in [6.45, 7) is 7.20. The van der Waals surface area contributed by atoms with Crippen molar-refractivity contribution in [3.05, 3.63) is 28.2 Å². The smallest absolute Gasteiger partial charge is 0.219 e. The van der Waals surface area contributed by atoms with E-state index < -0.39 is 0 Å². The molecule has 1 atom stereocenters. The Morgan fingerprint density at radius 3 is 2.50 bits per heavy atom. The lowest BCUT2D eigenvalue weighted by atomic mass is 10.0. The van der Waals surface area contributed by atoms with Gasteiger partial charge in [-0.25, -0.2) is 0 Å². The number of halogens is 1. The third-order valence-corrected chi connectivity index (χ3v) is 4.45. The standard InChI is InChI=1S/C15H22BrN3O/c1-11(17-3)14-10-13(16)4-5-15(14)19-8-6-18(7-9-19)12(2)20/h4-5,10-11,17H,6-9H2,1-3H3. The zero-order chi connectivity index (χ0) is 14.7. The molecule has 5 heteroatoms. The normalized spacial score (nSPS) is 17.2. The molecule has 0 bridgehead atoms. The molecule has 1 aromatic carbocycles. The zero-order valence-electron chi connectivity index (χ0n) is 12.3. The topological polar surface area (TPSA) is 35.6 Å². The van der Waals surface area contributed by atoms with Gasteiger partial charge in [-0.05, 0) is 37.7 Å². The molecule has 1 unspecified atom stereocenters. The van der Waals surface area contributed by atoms with E-state index in [1.54, 1.807) is 6.92 Å². The Balaban J connectivity index is 2.19. The van der Waals surface area contributed by atoms with Crippen LogP contribution in [0.25, 0.3) is 0 Å². The molecule has 0 aromatic heterocycles. The van der Waals surface area contributed by atoms with Gasteiger partial charge in [-0.3, -0.25) is 4.79 Å². The number of amides is 1. The molecule has 1 amide bonds. The molecule has 4 nitrogen and oxygen atoms in total. The number of benzene rings is 1. The van der Waals surface area contributed by atoms with E-state index in [2.05, 4.69) is 51.3 Å². The SMILES string of the molecule is CNC(C)c1cc(Br)ccc1N1CCN(C(C)=O)CC1. The lowest BCUT2D eigenvalue weighted by molar-refractivity contribution is -0.129. The first-order valence-corrected chi connectivity index (χ1v) is 7.79. The summed E-state index contributed by atoms with van der Waals surface area (Å²) in [5, 5.41) is 3.30. The van der Waals surface area contributed by atoms with Crippen LogP contribution < -0.4 is 10.2 Å². The predicted molar refractivity (Wildman–Crippen MR) is 86.1 cm³/mol. The van der Waals surface area contributed by atoms with Crippen LogP contribution in [0.4, 0.5) is 5.69 Å². The summed E-state index contributed by atoms with van der Waals surface area (Å²) >= 11 is 3.55. The van der Waals surface area contributed by atoms with Crippen molar-refractivity contribution in [1.82, 2.24) is 10.2 Å². The predicted octanol–water partition coefficient (Wildman–Crippen LogP) is 2.40. The van der Waals surface area contributed by atoms with Crippen molar-refractivity contribution in [3.63, 3.8) is 0 Å². The third-order valence-electron chi connectivity index (χ3n) is 3.95. The van der Waals surface area contributed by atoms with Crippen LogP contribution in [0.2, 0.25) is 0 Å². The van der Waals surface area contributed by atoms with Crippen LogP contribution >= 0.6 is 15.9 Å². The maximum atomic E-state index is 11.4. The van der Waals surface area contributed by atoms with E-state index >= 15 is 0 Å². The number of piperazine rings is 1. The molecular weight excluding hydrogens is 318 g/mol. The number of nitrogens with one attached hydrogen (secondary N) is 1. The van der Waals surface area contributed by atoms with Crippen LogP contribution in [0.15, 0.2) is 22.7 Å². The first-order valence-electron chi connectivity index (χ1n) is 7.00. The fraction of sp³-hybridized carbons (Fsp3) is 0.533. The van der Waals surface area contributed by atoms with Gasteiger partial charge in [-0.15, -0.1) is 0 Å². The summed E-state index contributed by atoms with van der Waals surface area (Å²) < 4.78 is 1.10. The molecule has 1 aromatic rings. The molecule has 1 N–H and O–H groups in total. The fourth-order valence-corrected chi connectivity index (χ4v) is 2.96. The second kappa shape index (κ2) is 6.59. The van der Waals surface area contributed by atoms with Crippen LogP contribution in [-0.2, 0) is 4.79 Å². The van der Waals surface area contributed by atoms with E-state index in [4.69, 9.17) is 0 Å². The van der Waals surface area contributed by atoms with Crippen LogP contribution in [0.3, 0.4) is 0 Å². The Hall–Kier alpha value is -1.07. The second-order valence-electron chi connectivity index (χ2n) is 5.21. The highest BCUT2D eigenvalue weighted by atomic mass is 79.9. The van der Waals surface area contributed by atoms with Crippen molar-refractivity contribution >= 4 is 27.5 Å². The fourth-order valence-electron chi connectivity index (χ4n) is 2.58. The molecule has 110 valence electrons. The summed E-state index contributed by atoms with van der Waals surface area (Å²) in [6, 6.07) is 6.72. The van der Waals surface area contributed by atoms with Crippen molar-refractivity contribution in [2.75, 3.05) is 38.1 Å². The maximum Gasteiger partial charge on any atom is 0.219 e. The van der Waals surface area contributed by atoms with E-state index in [-0.39, 0.29) is 5.91 Å². The van der Waals surface area contributed by atoms with Crippen molar-refractivity contribution in [1.29, 1.82) is 0 Å². The lowest BCUT2D eigenvalue weighted by Gasteiger charge is -2.37. The highest BCUT2D eigenvalue weighted by molar-refractivity contribution is 9.10. The first-order chi connectivity index (χ1) is 9.52. The molecule has 0 saturated carbocycles. The van der Waals surface area contributed by atoms with Crippen LogP contribution in [0.5, 0.6) is 0 Å². The van der Waals surface area contributed by atoms with E-state index in [1.807, 2.05) is 11.9 Å². The third kappa shape index (κ3) is 3.33. The quantitative estimate of drug-likeness (QED) is 0.918. The van der Waals surface area contributed by atoms with Gasteiger partial charge in [0.15, 0.2) is 0 Å². The largest absolute Gasteiger partial charge is 0.368 e. The molecule has 1 saturated heterocycles. The van der Waals surface area contributed by atoms with Gasteiger partial charge in [0, 0.05) is 49.3 Å². The molecule has 0 radical (unpaired) electrons. The molecule has 2 rings (SSSR count). The Bertz CT molecular complexity index is 484. The van der Waals surface area contributed by atoms with Crippen LogP contribution in [-0.4, -0.2) is 44.0 Å². The number of anilines is 1. The Morgan fingerprint density at radius 2 is 1.95 bits per heavy atom. The van der Waals surface area contributed by atoms with Gasteiger partial charge in [-0.1, -0.05) is 15.9 Å². The molecule has 1 aliphatic rings. The van der Waals surface area contributed by atoms with Gasteiger partial charge in [0.1, 0.15) is 0 Å².